The molecule has 0 saturated carbocycles. The maximum atomic E-state index is 14.5. The molecular formula is C17H24FN3. The van der Waals surface area contributed by atoms with Crippen molar-refractivity contribution >= 4 is 0 Å². The molecule has 114 valence electrons. The van der Waals surface area contributed by atoms with Crippen molar-refractivity contribution in [3.05, 3.63) is 35.4 Å². The number of aryl methyl sites for hydroxylation is 1. The van der Waals surface area contributed by atoms with Crippen LogP contribution in [0.3, 0.4) is 0 Å². The van der Waals surface area contributed by atoms with Crippen LogP contribution < -0.4 is 0 Å². The Hall–Kier alpha value is -1.71. The molecule has 2 rings (SSSR count). The molecule has 3 nitrogen and oxygen atoms in total. The lowest BCUT2D eigenvalue weighted by Crippen LogP contribution is -2.05. The van der Waals surface area contributed by atoms with Gasteiger partial charge in [-0.1, -0.05) is 27.7 Å². The second-order valence-electron chi connectivity index (χ2n) is 6.19. The minimum Gasteiger partial charge on any atom is -0.263 e. The maximum absolute atomic E-state index is 14.5. The van der Waals surface area contributed by atoms with Crippen molar-refractivity contribution in [3.8, 4) is 11.4 Å². The summed E-state index contributed by atoms with van der Waals surface area (Å²) in [5.41, 5.74) is 3.20. The molecule has 2 aromatic rings. The molecule has 0 unspecified atom stereocenters. The lowest BCUT2D eigenvalue weighted by Gasteiger charge is -2.12. The average Bonchev–Trinajstić information content (AvgIpc) is 2.81. The molecule has 0 amide bonds. The zero-order valence-electron chi connectivity index (χ0n) is 13.5. The summed E-state index contributed by atoms with van der Waals surface area (Å²) >= 11 is 0. The summed E-state index contributed by atoms with van der Waals surface area (Å²) in [7, 11) is 0. The number of pyridine rings is 1. The largest absolute Gasteiger partial charge is 0.263 e. The van der Waals surface area contributed by atoms with E-state index in [-0.39, 0.29) is 11.7 Å². The van der Waals surface area contributed by atoms with Crippen molar-refractivity contribution in [1.82, 2.24) is 14.8 Å². The Morgan fingerprint density at radius 3 is 2.43 bits per heavy atom. The van der Waals surface area contributed by atoms with Crippen LogP contribution in [-0.2, 0) is 13.0 Å². The SMILES string of the molecule is CCn1ncc(C(C)C)c1-c1ncc(CC(C)C)cc1F. The standard InChI is InChI=1S/C17H24FN3/c1-6-21-17(14(10-20-21)12(4)5)16-15(18)8-13(9-19-16)7-11(2)3/h8-12H,6-7H2,1-5H3. The van der Waals surface area contributed by atoms with Crippen molar-refractivity contribution in [2.24, 2.45) is 5.92 Å². The van der Waals surface area contributed by atoms with Gasteiger partial charge in [0.05, 0.1) is 11.9 Å². The van der Waals surface area contributed by atoms with Crippen molar-refractivity contribution in [1.29, 1.82) is 0 Å². The monoisotopic (exact) mass is 289 g/mol. The van der Waals surface area contributed by atoms with E-state index < -0.39 is 0 Å². The third kappa shape index (κ3) is 3.31. The summed E-state index contributed by atoms with van der Waals surface area (Å²) in [6.07, 6.45) is 4.45. The summed E-state index contributed by atoms with van der Waals surface area (Å²) in [6, 6.07) is 1.61. The lowest BCUT2D eigenvalue weighted by molar-refractivity contribution is 0.601. The van der Waals surface area contributed by atoms with E-state index in [0.717, 1.165) is 23.2 Å². The van der Waals surface area contributed by atoms with E-state index in [2.05, 4.69) is 37.8 Å². The first-order valence-corrected chi connectivity index (χ1v) is 7.64. The molecule has 0 atom stereocenters. The molecule has 0 radical (unpaired) electrons. The van der Waals surface area contributed by atoms with E-state index in [9.17, 15) is 4.39 Å². The van der Waals surface area contributed by atoms with Gasteiger partial charge in [0.1, 0.15) is 5.69 Å². The van der Waals surface area contributed by atoms with E-state index in [1.807, 2.05) is 17.8 Å². The predicted molar refractivity (Wildman–Crippen MR) is 83.7 cm³/mol. The first kappa shape index (κ1) is 15.7. The van der Waals surface area contributed by atoms with Crippen LogP contribution >= 0.6 is 0 Å². The van der Waals surface area contributed by atoms with E-state index in [4.69, 9.17) is 0 Å². The topological polar surface area (TPSA) is 30.7 Å². The van der Waals surface area contributed by atoms with Crippen molar-refractivity contribution in [2.45, 2.75) is 53.5 Å². The molecule has 4 heteroatoms. The Bertz CT molecular complexity index is 614. The normalized spacial score (nSPS) is 11.6. The van der Waals surface area contributed by atoms with Gasteiger partial charge in [-0.3, -0.25) is 9.67 Å². The zero-order valence-corrected chi connectivity index (χ0v) is 13.5. The van der Waals surface area contributed by atoms with Gasteiger partial charge in [-0.25, -0.2) is 4.39 Å². The molecule has 2 heterocycles. The highest BCUT2D eigenvalue weighted by Crippen LogP contribution is 2.30. The highest BCUT2D eigenvalue weighted by atomic mass is 19.1. The molecule has 0 aliphatic carbocycles. The minimum atomic E-state index is -0.259. The van der Waals surface area contributed by atoms with Gasteiger partial charge in [0.25, 0.3) is 0 Å². The first-order chi connectivity index (χ1) is 9.93. The Labute approximate surface area is 126 Å². The summed E-state index contributed by atoms with van der Waals surface area (Å²) in [4.78, 5) is 4.39. The van der Waals surface area contributed by atoms with Crippen LogP contribution in [0.4, 0.5) is 4.39 Å². The summed E-state index contributed by atoms with van der Waals surface area (Å²) < 4.78 is 16.3. The van der Waals surface area contributed by atoms with Crippen LogP contribution in [0.1, 0.15) is 51.7 Å². The van der Waals surface area contributed by atoms with Crippen molar-refractivity contribution in [3.63, 3.8) is 0 Å². The van der Waals surface area contributed by atoms with Gasteiger partial charge in [0, 0.05) is 18.3 Å². The van der Waals surface area contributed by atoms with Crippen LogP contribution in [0.25, 0.3) is 11.4 Å². The van der Waals surface area contributed by atoms with Gasteiger partial charge >= 0.3 is 0 Å². The van der Waals surface area contributed by atoms with Crippen LogP contribution in [0.15, 0.2) is 18.5 Å². The molecule has 0 N–H and O–H groups in total. The molecule has 0 aliphatic rings. The number of hydrogen-bond acceptors (Lipinski definition) is 2. The number of aromatic nitrogens is 3. The van der Waals surface area contributed by atoms with Crippen LogP contribution in [0, 0.1) is 11.7 Å². The third-order valence-corrected chi connectivity index (χ3v) is 3.56. The number of nitrogens with zero attached hydrogens (tertiary/aromatic N) is 3. The van der Waals surface area contributed by atoms with Gasteiger partial charge in [0.2, 0.25) is 0 Å². The molecule has 0 spiro atoms. The average molecular weight is 289 g/mol. The van der Waals surface area contributed by atoms with Gasteiger partial charge < -0.3 is 0 Å². The summed E-state index contributed by atoms with van der Waals surface area (Å²) in [5.74, 6) is 0.520. The van der Waals surface area contributed by atoms with Crippen LogP contribution in [0.5, 0.6) is 0 Å². The summed E-state index contributed by atoms with van der Waals surface area (Å²) in [6.45, 7) is 11.1. The predicted octanol–water partition coefficient (Wildman–Crippen LogP) is 4.43. The van der Waals surface area contributed by atoms with Gasteiger partial charge in [-0.15, -0.1) is 0 Å². The summed E-state index contributed by atoms with van der Waals surface area (Å²) in [5, 5.41) is 4.35. The number of rotatable bonds is 5. The van der Waals surface area contributed by atoms with Crippen LogP contribution in [-0.4, -0.2) is 14.8 Å². The molecule has 21 heavy (non-hydrogen) atoms. The Balaban J connectivity index is 2.49. The Morgan fingerprint density at radius 2 is 1.90 bits per heavy atom. The molecule has 0 fully saturated rings. The quantitative estimate of drug-likeness (QED) is 0.815. The molecular weight excluding hydrogens is 265 g/mol. The fourth-order valence-corrected chi connectivity index (χ4v) is 2.56. The smallest absolute Gasteiger partial charge is 0.151 e. The maximum Gasteiger partial charge on any atom is 0.151 e. The van der Waals surface area contributed by atoms with E-state index in [1.165, 1.54) is 0 Å². The highest BCUT2D eigenvalue weighted by molar-refractivity contribution is 5.61. The van der Waals surface area contributed by atoms with Crippen molar-refractivity contribution < 1.29 is 4.39 Å². The zero-order chi connectivity index (χ0) is 15.6. The fourth-order valence-electron chi connectivity index (χ4n) is 2.56. The lowest BCUT2D eigenvalue weighted by atomic mass is 10.0. The third-order valence-electron chi connectivity index (χ3n) is 3.56. The van der Waals surface area contributed by atoms with Gasteiger partial charge in [0.15, 0.2) is 5.82 Å². The molecule has 0 aromatic carbocycles. The number of halogens is 1. The molecule has 2 aromatic heterocycles. The first-order valence-electron chi connectivity index (χ1n) is 7.64. The minimum absolute atomic E-state index is 0.259. The van der Waals surface area contributed by atoms with Gasteiger partial charge in [-0.05, 0) is 36.8 Å². The van der Waals surface area contributed by atoms with E-state index in [0.29, 0.717) is 18.2 Å². The van der Waals surface area contributed by atoms with E-state index in [1.54, 1.807) is 12.3 Å². The Morgan fingerprint density at radius 1 is 1.19 bits per heavy atom. The fraction of sp³-hybridized carbons (Fsp3) is 0.529. The number of hydrogen-bond donors (Lipinski definition) is 0. The Kier molecular flexibility index (Phi) is 4.76. The molecule has 0 aliphatic heterocycles. The molecule has 0 bridgehead atoms. The second-order valence-corrected chi connectivity index (χ2v) is 6.19. The van der Waals surface area contributed by atoms with Crippen molar-refractivity contribution in [2.75, 3.05) is 0 Å². The van der Waals surface area contributed by atoms with E-state index >= 15 is 0 Å². The van der Waals surface area contributed by atoms with Gasteiger partial charge in [-0.2, -0.15) is 5.10 Å². The highest BCUT2D eigenvalue weighted by Gasteiger charge is 2.19. The van der Waals surface area contributed by atoms with Crippen LogP contribution in [0.2, 0.25) is 0 Å². The molecule has 0 saturated heterocycles. The second kappa shape index (κ2) is 6.37.